The van der Waals surface area contributed by atoms with Crippen molar-refractivity contribution in [3.63, 3.8) is 0 Å². The molecule has 0 aliphatic heterocycles. The standard InChI is InChI=1S/C9H17N3O/c1-9(2,3)6-8-7-10-11-12(8)4-5-13/h7,13H,4-6H2,1-3H3. The number of hydrogen-bond acceptors (Lipinski definition) is 3. The van der Waals surface area contributed by atoms with E-state index in [1.807, 2.05) is 0 Å². The number of hydrogen-bond donors (Lipinski definition) is 1. The van der Waals surface area contributed by atoms with Crippen LogP contribution in [0.2, 0.25) is 0 Å². The number of aliphatic hydroxyl groups excluding tert-OH is 1. The first-order valence-corrected chi connectivity index (χ1v) is 4.51. The third kappa shape index (κ3) is 3.14. The van der Waals surface area contributed by atoms with Gasteiger partial charge < -0.3 is 5.11 Å². The highest BCUT2D eigenvalue weighted by atomic mass is 16.3. The van der Waals surface area contributed by atoms with Gasteiger partial charge in [-0.1, -0.05) is 26.0 Å². The molecular formula is C9H17N3O. The second-order valence-corrected chi connectivity index (χ2v) is 4.41. The van der Waals surface area contributed by atoms with Crippen LogP contribution in [0.3, 0.4) is 0 Å². The van der Waals surface area contributed by atoms with E-state index in [2.05, 4.69) is 31.1 Å². The first kappa shape index (κ1) is 10.2. The Morgan fingerprint density at radius 1 is 1.46 bits per heavy atom. The topological polar surface area (TPSA) is 50.9 Å². The summed E-state index contributed by atoms with van der Waals surface area (Å²) < 4.78 is 1.76. The summed E-state index contributed by atoms with van der Waals surface area (Å²) in [6.45, 7) is 7.15. The molecule has 74 valence electrons. The zero-order chi connectivity index (χ0) is 9.90. The van der Waals surface area contributed by atoms with Crippen molar-refractivity contribution in [3.05, 3.63) is 11.9 Å². The zero-order valence-corrected chi connectivity index (χ0v) is 8.49. The first-order chi connectivity index (χ1) is 6.03. The first-order valence-electron chi connectivity index (χ1n) is 4.51. The van der Waals surface area contributed by atoms with Crippen molar-refractivity contribution in [2.24, 2.45) is 5.41 Å². The molecule has 0 saturated heterocycles. The maximum absolute atomic E-state index is 8.77. The monoisotopic (exact) mass is 183 g/mol. The minimum absolute atomic E-state index is 0.112. The van der Waals surface area contributed by atoms with E-state index < -0.39 is 0 Å². The minimum atomic E-state index is 0.112. The van der Waals surface area contributed by atoms with Crippen molar-refractivity contribution in [2.45, 2.75) is 33.7 Å². The number of aromatic nitrogens is 3. The molecule has 4 nitrogen and oxygen atoms in total. The van der Waals surface area contributed by atoms with Gasteiger partial charge in [-0.25, -0.2) is 4.68 Å². The molecule has 0 spiro atoms. The molecule has 0 radical (unpaired) electrons. The van der Waals surface area contributed by atoms with Crippen molar-refractivity contribution in [1.82, 2.24) is 15.0 Å². The van der Waals surface area contributed by atoms with Gasteiger partial charge in [-0.2, -0.15) is 0 Å². The largest absolute Gasteiger partial charge is 0.394 e. The second-order valence-electron chi connectivity index (χ2n) is 4.41. The SMILES string of the molecule is CC(C)(C)Cc1cnnn1CCO. The highest BCUT2D eigenvalue weighted by molar-refractivity contribution is 4.97. The summed E-state index contributed by atoms with van der Waals surface area (Å²) in [6, 6.07) is 0. The van der Waals surface area contributed by atoms with Gasteiger partial charge in [-0.15, -0.1) is 5.10 Å². The fourth-order valence-electron chi connectivity index (χ4n) is 1.24. The molecule has 1 aromatic heterocycles. The van der Waals surface area contributed by atoms with Crippen LogP contribution in [0.1, 0.15) is 26.5 Å². The average Bonchev–Trinajstić information content (AvgIpc) is 2.34. The molecule has 0 amide bonds. The Kier molecular flexibility index (Phi) is 3.03. The van der Waals surface area contributed by atoms with E-state index in [9.17, 15) is 0 Å². The maximum Gasteiger partial charge on any atom is 0.0725 e. The van der Waals surface area contributed by atoms with E-state index in [-0.39, 0.29) is 12.0 Å². The van der Waals surface area contributed by atoms with Crippen LogP contribution >= 0.6 is 0 Å². The van der Waals surface area contributed by atoms with E-state index >= 15 is 0 Å². The van der Waals surface area contributed by atoms with Gasteiger partial charge in [0.1, 0.15) is 0 Å². The molecule has 0 aromatic carbocycles. The summed E-state index contributed by atoms with van der Waals surface area (Å²) in [4.78, 5) is 0. The smallest absolute Gasteiger partial charge is 0.0725 e. The van der Waals surface area contributed by atoms with Gasteiger partial charge >= 0.3 is 0 Å². The summed E-state index contributed by atoms with van der Waals surface area (Å²) in [5.41, 5.74) is 1.32. The van der Waals surface area contributed by atoms with Gasteiger partial charge in [0.15, 0.2) is 0 Å². The molecule has 0 fully saturated rings. The van der Waals surface area contributed by atoms with Crippen molar-refractivity contribution in [2.75, 3.05) is 6.61 Å². The molecule has 1 rings (SSSR count). The van der Waals surface area contributed by atoms with Gasteiger partial charge in [0.2, 0.25) is 0 Å². The molecule has 0 saturated carbocycles. The Balaban J connectivity index is 2.70. The fourth-order valence-corrected chi connectivity index (χ4v) is 1.24. The lowest BCUT2D eigenvalue weighted by Crippen LogP contribution is -2.15. The summed E-state index contributed by atoms with van der Waals surface area (Å²) >= 11 is 0. The minimum Gasteiger partial charge on any atom is -0.394 e. The quantitative estimate of drug-likeness (QED) is 0.756. The van der Waals surface area contributed by atoms with Gasteiger partial charge in [0.25, 0.3) is 0 Å². The molecule has 4 heteroatoms. The molecule has 0 bridgehead atoms. The lowest BCUT2D eigenvalue weighted by atomic mass is 9.91. The second kappa shape index (κ2) is 3.87. The Labute approximate surface area is 78.6 Å². The van der Waals surface area contributed by atoms with Crippen LogP contribution in [0.15, 0.2) is 6.20 Å². The Hall–Kier alpha value is -0.900. The highest BCUT2D eigenvalue weighted by Crippen LogP contribution is 2.19. The van der Waals surface area contributed by atoms with E-state index in [4.69, 9.17) is 5.11 Å². The summed E-state index contributed by atoms with van der Waals surface area (Å²) in [6.07, 6.45) is 2.70. The van der Waals surface area contributed by atoms with Crippen molar-refractivity contribution >= 4 is 0 Å². The molecule has 0 aliphatic rings. The van der Waals surface area contributed by atoms with Gasteiger partial charge in [-0.05, 0) is 11.8 Å². The fraction of sp³-hybridized carbons (Fsp3) is 0.778. The predicted molar refractivity (Wildman–Crippen MR) is 50.3 cm³/mol. The van der Waals surface area contributed by atoms with Crippen molar-refractivity contribution < 1.29 is 5.11 Å². The van der Waals surface area contributed by atoms with Gasteiger partial charge in [0, 0.05) is 0 Å². The third-order valence-electron chi connectivity index (χ3n) is 1.72. The van der Waals surface area contributed by atoms with E-state index in [1.54, 1.807) is 10.9 Å². The van der Waals surface area contributed by atoms with Crippen LogP contribution in [-0.2, 0) is 13.0 Å². The number of aliphatic hydroxyl groups is 1. The average molecular weight is 183 g/mol. The number of nitrogens with zero attached hydrogens (tertiary/aromatic N) is 3. The summed E-state index contributed by atoms with van der Waals surface area (Å²) in [7, 11) is 0. The van der Waals surface area contributed by atoms with E-state index in [0.717, 1.165) is 12.1 Å². The third-order valence-corrected chi connectivity index (χ3v) is 1.72. The van der Waals surface area contributed by atoms with E-state index in [0.29, 0.717) is 6.54 Å². The zero-order valence-electron chi connectivity index (χ0n) is 8.49. The summed E-state index contributed by atoms with van der Waals surface area (Å²) in [5, 5.41) is 16.5. The molecule has 0 unspecified atom stereocenters. The molecule has 1 heterocycles. The lowest BCUT2D eigenvalue weighted by molar-refractivity contribution is 0.263. The van der Waals surface area contributed by atoms with Crippen LogP contribution in [0, 0.1) is 5.41 Å². The highest BCUT2D eigenvalue weighted by Gasteiger charge is 2.14. The van der Waals surface area contributed by atoms with Crippen LogP contribution in [0.25, 0.3) is 0 Å². The van der Waals surface area contributed by atoms with Crippen LogP contribution in [0.4, 0.5) is 0 Å². The predicted octanol–water partition coefficient (Wildman–Crippen LogP) is 0.859. The molecule has 13 heavy (non-hydrogen) atoms. The van der Waals surface area contributed by atoms with Gasteiger partial charge in [0.05, 0.1) is 25.0 Å². The normalized spacial score (nSPS) is 12.0. The molecular weight excluding hydrogens is 166 g/mol. The Bertz CT molecular complexity index is 262. The van der Waals surface area contributed by atoms with Crippen molar-refractivity contribution in [1.29, 1.82) is 0 Å². The van der Waals surface area contributed by atoms with Crippen LogP contribution in [0.5, 0.6) is 0 Å². The van der Waals surface area contributed by atoms with Crippen molar-refractivity contribution in [3.8, 4) is 0 Å². The molecule has 1 aromatic rings. The van der Waals surface area contributed by atoms with E-state index in [1.165, 1.54) is 0 Å². The summed E-state index contributed by atoms with van der Waals surface area (Å²) in [5.74, 6) is 0. The van der Waals surface area contributed by atoms with Crippen LogP contribution < -0.4 is 0 Å². The van der Waals surface area contributed by atoms with Gasteiger partial charge in [-0.3, -0.25) is 0 Å². The number of rotatable bonds is 3. The molecule has 1 N–H and O–H groups in total. The van der Waals surface area contributed by atoms with Crippen LogP contribution in [-0.4, -0.2) is 26.7 Å². The Morgan fingerprint density at radius 2 is 2.15 bits per heavy atom. The maximum atomic E-state index is 8.77. The molecule has 0 atom stereocenters. The molecule has 0 aliphatic carbocycles. The lowest BCUT2D eigenvalue weighted by Gasteiger charge is -2.17. The Morgan fingerprint density at radius 3 is 2.69 bits per heavy atom.